The highest BCUT2D eigenvalue weighted by molar-refractivity contribution is 5.82. The molecule has 16 heavy (non-hydrogen) atoms. The summed E-state index contributed by atoms with van der Waals surface area (Å²) in [5.41, 5.74) is 0. The second-order valence-electron chi connectivity index (χ2n) is 3.15. The van der Waals surface area contributed by atoms with Crippen LogP contribution < -0.4 is 10.6 Å². The van der Waals surface area contributed by atoms with E-state index in [0.717, 1.165) is 0 Å². The molecule has 0 aromatic heterocycles. The maximum atomic E-state index is 11.2. The lowest BCUT2D eigenvalue weighted by Gasteiger charge is -2.13. The first-order valence-corrected chi connectivity index (χ1v) is 4.98. The summed E-state index contributed by atoms with van der Waals surface area (Å²) in [6, 6.07) is -1.62. The zero-order valence-electron chi connectivity index (χ0n) is 9.23. The van der Waals surface area contributed by atoms with Crippen LogP contribution in [0.1, 0.15) is 12.8 Å². The van der Waals surface area contributed by atoms with E-state index in [1.54, 1.807) is 7.11 Å². The van der Waals surface area contributed by atoms with Crippen LogP contribution in [0, 0.1) is 0 Å². The Morgan fingerprint density at radius 1 is 1.44 bits per heavy atom. The van der Waals surface area contributed by atoms with Gasteiger partial charge in [0.2, 0.25) is 0 Å². The highest BCUT2D eigenvalue weighted by atomic mass is 16.5. The summed E-state index contributed by atoms with van der Waals surface area (Å²) in [4.78, 5) is 21.8. The van der Waals surface area contributed by atoms with Crippen LogP contribution in [0.3, 0.4) is 0 Å². The molecule has 7 heteroatoms. The quantitative estimate of drug-likeness (QED) is 0.409. The minimum atomic E-state index is -1.17. The highest BCUT2D eigenvalue weighted by Crippen LogP contribution is 1.91. The fourth-order valence-corrected chi connectivity index (χ4v) is 1.01. The van der Waals surface area contributed by atoms with Crippen molar-refractivity contribution in [3.05, 3.63) is 0 Å². The number of carboxylic acid groups (broad SMARTS) is 1. The number of rotatable bonds is 8. The second kappa shape index (κ2) is 8.93. The van der Waals surface area contributed by atoms with Gasteiger partial charge in [-0.25, -0.2) is 9.59 Å². The molecular weight excluding hydrogens is 216 g/mol. The third-order valence-electron chi connectivity index (χ3n) is 1.83. The molecule has 0 bridgehead atoms. The number of carbonyl (C=O) groups excluding carboxylic acids is 1. The van der Waals surface area contributed by atoms with Gasteiger partial charge in [0.05, 0.1) is 0 Å². The van der Waals surface area contributed by atoms with Gasteiger partial charge in [0, 0.05) is 33.3 Å². The topological polar surface area (TPSA) is 108 Å². The van der Waals surface area contributed by atoms with E-state index in [2.05, 4.69) is 10.6 Å². The van der Waals surface area contributed by atoms with Gasteiger partial charge in [-0.05, 0) is 6.42 Å². The van der Waals surface area contributed by atoms with Gasteiger partial charge >= 0.3 is 12.0 Å². The molecular formula is C9H18N2O5. The van der Waals surface area contributed by atoms with Crippen molar-refractivity contribution in [2.24, 2.45) is 0 Å². The largest absolute Gasteiger partial charge is 0.480 e. The van der Waals surface area contributed by atoms with Gasteiger partial charge < -0.3 is 25.6 Å². The number of hydrogen-bond donors (Lipinski definition) is 4. The normalized spacial score (nSPS) is 11.9. The Morgan fingerprint density at radius 3 is 2.62 bits per heavy atom. The van der Waals surface area contributed by atoms with Gasteiger partial charge in [-0.3, -0.25) is 0 Å². The number of carboxylic acids is 1. The fourth-order valence-electron chi connectivity index (χ4n) is 1.01. The van der Waals surface area contributed by atoms with Gasteiger partial charge in [0.25, 0.3) is 0 Å². The van der Waals surface area contributed by atoms with Crippen molar-refractivity contribution in [3.8, 4) is 0 Å². The minimum Gasteiger partial charge on any atom is -0.480 e. The van der Waals surface area contributed by atoms with Crippen LogP contribution in [0.4, 0.5) is 4.79 Å². The Bertz CT molecular complexity index is 222. The SMILES string of the molecule is COCCCNC(=O)N[C@H](CCO)C(=O)O. The first-order valence-electron chi connectivity index (χ1n) is 4.98. The Labute approximate surface area is 93.8 Å². The number of carbonyl (C=O) groups is 2. The first-order chi connectivity index (χ1) is 7.61. The molecule has 0 saturated heterocycles. The molecule has 0 spiro atoms. The van der Waals surface area contributed by atoms with Gasteiger partial charge in [-0.15, -0.1) is 0 Å². The van der Waals surface area contributed by atoms with Crippen molar-refractivity contribution in [3.63, 3.8) is 0 Å². The van der Waals surface area contributed by atoms with E-state index in [0.29, 0.717) is 19.6 Å². The molecule has 0 saturated carbocycles. The minimum absolute atomic E-state index is 0.0131. The van der Waals surface area contributed by atoms with Gasteiger partial charge in [-0.2, -0.15) is 0 Å². The Balaban J connectivity index is 3.77. The number of amides is 2. The number of methoxy groups -OCH3 is 1. The average molecular weight is 234 g/mol. The molecule has 0 fully saturated rings. The third-order valence-corrected chi connectivity index (χ3v) is 1.83. The molecule has 0 aliphatic heterocycles. The van der Waals surface area contributed by atoms with E-state index >= 15 is 0 Å². The van der Waals surface area contributed by atoms with Crippen molar-refractivity contribution < 1.29 is 24.5 Å². The summed E-state index contributed by atoms with van der Waals surface area (Å²) in [5.74, 6) is -1.17. The van der Waals surface area contributed by atoms with Crippen molar-refractivity contribution in [2.45, 2.75) is 18.9 Å². The number of ether oxygens (including phenoxy) is 1. The Kier molecular flexibility index (Phi) is 8.18. The van der Waals surface area contributed by atoms with Gasteiger partial charge in [0.1, 0.15) is 6.04 Å². The molecule has 2 amide bonds. The van der Waals surface area contributed by atoms with E-state index in [1.165, 1.54) is 0 Å². The first kappa shape index (κ1) is 14.7. The van der Waals surface area contributed by atoms with Crippen molar-refractivity contribution in [2.75, 3.05) is 26.9 Å². The Morgan fingerprint density at radius 2 is 2.12 bits per heavy atom. The molecule has 0 rings (SSSR count). The maximum absolute atomic E-state index is 11.2. The van der Waals surface area contributed by atoms with Crippen molar-refractivity contribution in [1.29, 1.82) is 0 Å². The lowest BCUT2D eigenvalue weighted by atomic mass is 10.2. The van der Waals surface area contributed by atoms with Gasteiger partial charge in [0.15, 0.2) is 0 Å². The molecule has 0 unspecified atom stereocenters. The summed E-state index contributed by atoms with van der Waals surface area (Å²) in [6.07, 6.45) is 0.641. The molecule has 94 valence electrons. The molecule has 4 N–H and O–H groups in total. The van der Waals surface area contributed by atoms with E-state index < -0.39 is 18.0 Å². The molecule has 7 nitrogen and oxygen atoms in total. The standard InChI is InChI=1S/C9H18N2O5/c1-16-6-2-4-10-9(15)11-7(3-5-12)8(13)14/h7,12H,2-6H2,1H3,(H,13,14)(H2,10,11,15)/t7-/m1/s1. The van der Waals surface area contributed by atoms with Crippen LogP contribution in [0.15, 0.2) is 0 Å². The van der Waals surface area contributed by atoms with Crippen LogP contribution in [0.5, 0.6) is 0 Å². The Hall–Kier alpha value is -1.34. The number of aliphatic carboxylic acids is 1. The number of nitrogens with one attached hydrogen (secondary N) is 2. The maximum Gasteiger partial charge on any atom is 0.326 e. The van der Waals surface area contributed by atoms with E-state index in [4.69, 9.17) is 14.9 Å². The van der Waals surface area contributed by atoms with Gasteiger partial charge in [-0.1, -0.05) is 0 Å². The molecule has 0 aliphatic carbocycles. The second-order valence-corrected chi connectivity index (χ2v) is 3.15. The van der Waals surface area contributed by atoms with E-state index in [-0.39, 0.29) is 13.0 Å². The van der Waals surface area contributed by atoms with E-state index in [1.807, 2.05) is 0 Å². The van der Waals surface area contributed by atoms with E-state index in [9.17, 15) is 9.59 Å². The summed E-state index contributed by atoms with van der Waals surface area (Å²) in [6.45, 7) is 0.644. The molecule has 0 aromatic rings. The van der Waals surface area contributed by atoms with Crippen molar-refractivity contribution >= 4 is 12.0 Å². The molecule has 1 atom stereocenters. The number of urea groups is 1. The smallest absolute Gasteiger partial charge is 0.326 e. The highest BCUT2D eigenvalue weighted by Gasteiger charge is 2.18. The van der Waals surface area contributed by atoms with Crippen LogP contribution in [0.25, 0.3) is 0 Å². The average Bonchev–Trinajstić information content (AvgIpc) is 2.23. The third kappa shape index (κ3) is 7.02. The zero-order valence-corrected chi connectivity index (χ0v) is 9.23. The predicted molar refractivity (Wildman–Crippen MR) is 56.2 cm³/mol. The summed E-state index contributed by atoms with van der Waals surface area (Å²) in [7, 11) is 1.56. The lowest BCUT2D eigenvalue weighted by Crippen LogP contribution is -2.46. The summed E-state index contributed by atoms with van der Waals surface area (Å²) >= 11 is 0. The number of aliphatic hydroxyl groups excluding tert-OH is 1. The predicted octanol–water partition coefficient (Wildman–Crippen LogP) is -0.842. The fraction of sp³-hybridized carbons (Fsp3) is 0.778. The van der Waals surface area contributed by atoms with Crippen molar-refractivity contribution in [1.82, 2.24) is 10.6 Å². The molecule has 0 aromatic carbocycles. The van der Waals surface area contributed by atoms with Crippen LogP contribution in [-0.4, -0.2) is 55.1 Å². The summed E-state index contributed by atoms with van der Waals surface area (Å²) in [5, 5.41) is 22.0. The number of aliphatic hydroxyl groups is 1. The molecule has 0 aliphatic rings. The monoisotopic (exact) mass is 234 g/mol. The zero-order chi connectivity index (χ0) is 12.4. The number of hydrogen-bond acceptors (Lipinski definition) is 4. The summed E-state index contributed by atoms with van der Waals surface area (Å²) < 4.78 is 4.78. The molecule has 0 heterocycles. The van der Waals surface area contributed by atoms with Crippen LogP contribution >= 0.6 is 0 Å². The molecule has 0 radical (unpaired) electrons. The lowest BCUT2D eigenvalue weighted by molar-refractivity contribution is -0.139. The van der Waals surface area contributed by atoms with Crippen LogP contribution in [-0.2, 0) is 9.53 Å². The van der Waals surface area contributed by atoms with Crippen LogP contribution in [0.2, 0.25) is 0 Å².